The van der Waals surface area contributed by atoms with Crippen LogP contribution >= 0.6 is 12.6 Å². The van der Waals surface area contributed by atoms with Crippen molar-refractivity contribution in [3.8, 4) is 0 Å². The summed E-state index contributed by atoms with van der Waals surface area (Å²) >= 11 is 4.27. The first-order valence-electron chi connectivity index (χ1n) is 11.0. The Morgan fingerprint density at radius 3 is 2.63 bits per heavy atom. The van der Waals surface area contributed by atoms with Crippen LogP contribution < -0.4 is 16.4 Å². The van der Waals surface area contributed by atoms with Crippen molar-refractivity contribution < 1.29 is 14.3 Å². The van der Waals surface area contributed by atoms with Crippen molar-refractivity contribution >= 4 is 24.5 Å². The number of hydrogen-bond donors (Lipinski definition) is 4. The molecule has 5 atom stereocenters. The van der Waals surface area contributed by atoms with Gasteiger partial charge in [0, 0.05) is 36.7 Å². The van der Waals surface area contributed by atoms with Gasteiger partial charge in [-0.1, -0.05) is 50.6 Å². The average Bonchev–Trinajstić information content (AvgIpc) is 3.16. The summed E-state index contributed by atoms with van der Waals surface area (Å²) in [6.07, 6.45) is 3.85. The lowest BCUT2D eigenvalue weighted by Gasteiger charge is -2.28. The molecule has 7 heteroatoms. The first-order valence-corrected chi connectivity index (χ1v) is 11.7. The van der Waals surface area contributed by atoms with E-state index in [0.29, 0.717) is 37.7 Å². The van der Waals surface area contributed by atoms with Crippen LogP contribution in [0, 0.1) is 11.8 Å². The maximum absolute atomic E-state index is 13.0. The lowest BCUT2D eigenvalue weighted by Crippen LogP contribution is -2.45. The molecule has 1 saturated heterocycles. The molecule has 0 saturated carbocycles. The summed E-state index contributed by atoms with van der Waals surface area (Å²) in [6.45, 7) is 5.49. The Bertz CT molecular complexity index is 658. The number of thiol groups is 1. The number of ether oxygens (including phenoxy) is 1. The van der Waals surface area contributed by atoms with Crippen LogP contribution in [0.4, 0.5) is 0 Å². The Balaban J connectivity index is 2.03. The Hall–Kier alpha value is -1.57. The molecule has 6 nitrogen and oxygen atoms in total. The predicted molar refractivity (Wildman–Crippen MR) is 123 cm³/mol. The van der Waals surface area contributed by atoms with Gasteiger partial charge in [-0.25, -0.2) is 4.79 Å². The van der Waals surface area contributed by atoms with Gasteiger partial charge in [-0.05, 0) is 30.7 Å². The molecule has 1 aromatic rings. The number of esters is 1. The Morgan fingerprint density at radius 1 is 1.30 bits per heavy atom. The summed E-state index contributed by atoms with van der Waals surface area (Å²) < 4.78 is 4.99. The van der Waals surface area contributed by atoms with E-state index in [4.69, 9.17) is 10.5 Å². The van der Waals surface area contributed by atoms with Gasteiger partial charge in [0.05, 0.1) is 6.61 Å². The molecule has 1 heterocycles. The van der Waals surface area contributed by atoms with Crippen molar-refractivity contribution in [3.63, 3.8) is 0 Å². The van der Waals surface area contributed by atoms with Gasteiger partial charge in [0.25, 0.3) is 0 Å². The molecule has 0 bridgehead atoms. The molecular weight excluding hydrogens is 398 g/mol. The average molecular weight is 436 g/mol. The Kier molecular flexibility index (Phi) is 10.7. The largest absolute Gasteiger partial charge is 0.464 e. The van der Waals surface area contributed by atoms with E-state index in [2.05, 4.69) is 37.1 Å². The molecule has 30 heavy (non-hydrogen) atoms. The Labute approximate surface area is 186 Å². The molecule has 1 amide bonds. The van der Waals surface area contributed by atoms with E-state index in [0.717, 1.165) is 24.8 Å². The SMILES string of the molecule is CC[C@H](C)[C@H](CCC(Cc1ccccc1)C(=O)N[C@@H]1CCOC1=O)NC[C@@H](N)CS. The summed E-state index contributed by atoms with van der Waals surface area (Å²) in [5, 5.41) is 6.49. The standard InChI is InChI=1S/C23H37N3O3S/c1-3-16(2)20(25-14-19(24)15-30)10-9-18(13-17-7-5-4-6-8-17)22(27)26-21-11-12-29-23(21)28/h4-8,16,18-21,25,30H,3,9-15,24H2,1-2H3,(H,26,27)/t16-,18?,19+,20-,21+/m0/s1. The zero-order chi connectivity index (χ0) is 21.9. The van der Waals surface area contributed by atoms with E-state index in [-0.39, 0.29) is 29.9 Å². The van der Waals surface area contributed by atoms with Crippen LogP contribution in [0.15, 0.2) is 30.3 Å². The summed E-state index contributed by atoms with van der Waals surface area (Å²) in [7, 11) is 0. The quantitative estimate of drug-likeness (QED) is 0.282. The number of amides is 1. The lowest BCUT2D eigenvalue weighted by atomic mass is 9.87. The Morgan fingerprint density at radius 2 is 2.03 bits per heavy atom. The molecule has 1 aromatic carbocycles. The second-order valence-electron chi connectivity index (χ2n) is 8.32. The van der Waals surface area contributed by atoms with Crippen molar-refractivity contribution in [2.45, 2.75) is 64.1 Å². The molecule has 1 aliphatic rings. The highest BCUT2D eigenvalue weighted by molar-refractivity contribution is 7.80. The van der Waals surface area contributed by atoms with Crippen molar-refractivity contribution in [1.29, 1.82) is 0 Å². The van der Waals surface area contributed by atoms with Gasteiger partial charge in [0.2, 0.25) is 5.91 Å². The molecule has 0 radical (unpaired) electrons. The maximum Gasteiger partial charge on any atom is 0.328 e. The summed E-state index contributed by atoms with van der Waals surface area (Å²) in [5.41, 5.74) is 7.15. The lowest BCUT2D eigenvalue weighted by molar-refractivity contribution is -0.141. The normalized spacial score (nSPS) is 20.3. The van der Waals surface area contributed by atoms with Gasteiger partial charge in [-0.2, -0.15) is 12.6 Å². The zero-order valence-electron chi connectivity index (χ0n) is 18.2. The van der Waals surface area contributed by atoms with Crippen molar-refractivity contribution in [1.82, 2.24) is 10.6 Å². The fourth-order valence-corrected chi connectivity index (χ4v) is 3.89. The molecule has 4 N–H and O–H groups in total. The predicted octanol–water partition coefficient (Wildman–Crippen LogP) is 2.32. The number of hydrogen-bond acceptors (Lipinski definition) is 6. The van der Waals surface area contributed by atoms with Gasteiger partial charge in [-0.3, -0.25) is 4.79 Å². The topological polar surface area (TPSA) is 93.4 Å². The summed E-state index contributed by atoms with van der Waals surface area (Å²) in [6, 6.07) is 9.80. The second kappa shape index (κ2) is 13.0. The number of benzene rings is 1. The van der Waals surface area contributed by atoms with E-state index in [1.165, 1.54) is 0 Å². The van der Waals surface area contributed by atoms with Crippen molar-refractivity contribution in [2.75, 3.05) is 18.9 Å². The number of carbonyl (C=O) groups excluding carboxylic acids is 2. The molecule has 2 rings (SSSR count). The molecule has 168 valence electrons. The third-order valence-electron chi connectivity index (χ3n) is 5.98. The fourth-order valence-electron chi connectivity index (χ4n) is 3.76. The van der Waals surface area contributed by atoms with Gasteiger partial charge >= 0.3 is 5.97 Å². The van der Waals surface area contributed by atoms with Crippen LogP contribution in [0.5, 0.6) is 0 Å². The van der Waals surface area contributed by atoms with Crippen LogP contribution in [0.25, 0.3) is 0 Å². The minimum atomic E-state index is -0.521. The van der Waals surface area contributed by atoms with E-state index in [1.807, 2.05) is 30.3 Å². The molecule has 0 aliphatic carbocycles. The number of rotatable bonds is 13. The van der Waals surface area contributed by atoms with Crippen LogP contribution in [-0.4, -0.2) is 48.9 Å². The highest BCUT2D eigenvalue weighted by Crippen LogP contribution is 2.21. The van der Waals surface area contributed by atoms with Gasteiger partial charge < -0.3 is 21.1 Å². The van der Waals surface area contributed by atoms with Gasteiger partial charge in [0.15, 0.2) is 0 Å². The molecular formula is C23H37N3O3S. The van der Waals surface area contributed by atoms with Gasteiger partial charge in [-0.15, -0.1) is 0 Å². The van der Waals surface area contributed by atoms with E-state index < -0.39 is 6.04 Å². The third kappa shape index (κ3) is 7.93. The van der Waals surface area contributed by atoms with E-state index in [1.54, 1.807) is 0 Å². The number of nitrogens with one attached hydrogen (secondary N) is 2. The first-order chi connectivity index (χ1) is 14.4. The number of carbonyl (C=O) groups is 2. The zero-order valence-corrected chi connectivity index (χ0v) is 19.1. The van der Waals surface area contributed by atoms with E-state index in [9.17, 15) is 9.59 Å². The van der Waals surface area contributed by atoms with Crippen molar-refractivity contribution in [2.24, 2.45) is 17.6 Å². The van der Waals surface area contributed by atoms with E-state index >= 15 is 0 Å². The highest BCUT2D eigenvalue weighted by atomic mass is 32.1. The van der Waals surface area contributed by atoms with Crippen LogP contribution in [-0.2, 0) is 20.7 Å². The molecule has 1 aliphatic heterocycles. The molecule has 0 spiro atoms. The number of nitrogens with two attached hydrogens (primary N) is 1. The molecule has 0 aromatic heterocycles. The first kappa shape index (κ1) is 24.7. The van der Waals surface area contributed by atoms with Crippen molar-refractivity contribution in [3.05, 3.63) is 35.9 Å². The third-order valence-corrected chi connectivity index (χ3v) is 6.45. The minimum absolute atomic E-state index is 0.0108. The van der Waals surface area contributed by atoms with Crippen LogP contribution in [0.3, 0.4) is 0 Å². The molecule has 1 fully saturated rings. The fraction of sp³-hybridized carbons (Fsp3) is 0.652. The smallest absolute Gasteiger partial charge is 0.328 e. The van der Waals surface area contributed by atoms with Gasteiger partial charge in [0.1, 0.15) is 6.04 Å². The maximum atomic E-state index is 13.0. The van der Waals surface area contributed by atoms with Crippen LogP contribution in [0.1, 0.15) is 45.1 Å². The monoisotopic (exact) mass is 435 g/mol. The second-order valence-corrected chi connectivity index (χ2v) is 8.69. The number of cyclic esters (lactones) is 1. The molecule has 1 unspecified atom stereocenters. The highest BCUT2D eigenvalue weighted by Gasteiger charge is 2.31. The van der Waals surface area contributed by atoms with Crippen LogP contribution in [0.2, 0.25) is 0 Å². The summed E-state index contributed by atoms with van der Waals surface area (Å²) in [5.74, 6) is 0.506. The minimum Gasteiger partial charge on any atom is -0.464 e. The summed E-state index contributed by atoms with van der Waals surface area (Å²) in [4.78, 5) is 24.8.